The van der Waals surface area contributed by atoms with Crippen molar-refractivity contribution in [3.8, 4) is 10.6 Å². The van der Waals surface area contributed by atoms with Crippen LogP contribution in [0.3, 0.4) is 0 Å². The molecule has 0 unspecified atom stereocenters. The zero-order valence-corrected chi connectivity index (χ0v) is 12.5. The molecule has 20 heavy (non-hydrogen) atoms. The SMILES string of the molecule is CC[C@H](C)[C@H](N)C(=O)Nc1ccc(-c2nccs2)cc1. The van der Waals surface area contributed by atoms with Crippen LogP contribution in [0, 0.1) is 5.92 Å². The first kappa shape index (κ1) is 14.7. The molecule has 2 aromatic rings. The number of aromatic nitrogens is 1. The molecule has 0 fully saturated rings. The van der Waals surface area contributed by atoms with Crippen LogP contribution in [0.2, 0.25) is 0 Å². The van der Waals surface area contributed by atoms with Gasteiger partial charge in [-0.1, -0.05) is 20.3 Å². The van der Waals surface area contributed by atoms with Crippen molar-refractivity contribution >= 4 is 22.9 Å². The molecule has 5 heteroatoms. The van der Waals surface area contributed by atoms with E-state index in [1.807, 2.05) is 43.5 Å². The predicted molar refractivity (Wildman–Crippen MR) is 83.6 cm³/mol. The van der Waals surface area contributed by atoms with Crippen molar-refractivity contribution in [1.82, 2.24) is 4.98 Å². The van der Waals surface area contributed by atoms with E-state index in [9.17, 15) is 4.79 Å². The van der Waals surface area contributed by atoms with E-state index < -0.39 is 6.04 Å². The molecule has 2 rings (SSSR count). The van der Waals surface area contributed by atoms with Gasteiger partial charge < -0.3 is 11.1 Å². The lowest BCUT2D eigenvalue weighted by Crippen LogP contribution is -2.40. The second kappa shape index (κ2) is 6.63. The Labute approximate surface area is 123 Å². The summed E-state index contributed by atoms with van der Waals surface area (Å²) in [5.41, 5.74) is 7.71. The normalized spacial score (nSPS) is 13.8. The van der Waals surface area contributed by atoms with Gasteiger partial charge in [0.25, 0.3) is 0 Å². The summed E-state index contributed by atoms with van der Waals surface area (Å²) < 4.78 is 0. The van der Waals surface area contributed by atoms with Gasteiger partial charge in [-0.25, -0.2) is 4.98 Å². The van der Waals surface area contributed by atoms with Crippen molar-refractivity contribution in [1.29, 1.82) is 0 Å². The molecule has 1 heterocycles. The fourth-order valence-electron chi connectivity index (χ4n) is 1.80. The Morgan fingerprint density at radius 1 is 1.40 bits per heavy atom. The number of thiazole rings is 1. The highest BCUT2D eigenvalue weighted by Gasteiger charge is 2.19. The zero-order valence-electron chi connectivity index (χ0n) is 11.7. The van der Waals surface area contributed by atoms with Gasteiger partial charge in [0.05, 0.1) is 6.04 Å². The van der Waals surface area contributed by atoms with Gasteiger partial charge in [0.2, 0.25) is 5.91 Å². The van der Waals surface area contributed by atoms with E-state index in [0.717, 1.165) is 22.7 Å². The van der Waals surface area contributed by atoms with Gasteiger partial charge in [-0.2, -0.15) is 0 Å². The third-order valence-corrected chi connectivity index (χ3v) is 4.21. The van der Waals surface area contributed by atoms with Crippen LogP contribution in [0.25, 0.3) is 10.6 Å². The second-order valence-corrected chi connectivity index (χ2v) is 5.71. The Kier molecular flexibility index (Phi) is 4.87. The maximum atomic E-state index is 12.0. The molecular weight excluding hydrogens is 270 g/mol. The lowest BCUT2D eigenvalue weighted by molar-refractivity contribution is -0.118. The summed E-state index contributed by atoms with van der Waals surface area (Å²) in [6.07, 6.45) is 2.67. The fraction of sp³-hybridized carbons (Fsp3) is 0.333. The number of carbonyl (C=O) groups excluding carboxylic acids is 1. The smallest absolute Gasteiger partial charge is 0.241 e. The number of carbonyl (C=O) groups is 1. The van der Waals surface area contributed by atoms with Gasteiger partial charge >= 0.3 is 0 Å². The van der Waals surface area contributed by atoms with E-state index in [-0.39, 0.29) is 11.8 Å². The maximum Gasteiger partial charge on any atom is 0.241 e. The Morgan fingerprint density at radius 3 is 2.65 bits per heavy atom. The molecule has 0 radical (unpaired) electrons. The molecule has 0 saturated heterocycles. The Morgan fingerprint density at radius 2 is 2.10 bits per heavy atom. The van der Waals surface area contributed by atoms with Crippen molar-refractivity contribution in [2.75, 3.05) is 5.32 Å². The molecule has 0 spiro atoms. The summed E-state index contributed by atoms with van der Waals surface area (Å²) in [5.74, 6) is 0.0333. The van der Waals surface area contributed by atoms with E-state index >= 15 is 0 Å². The molecule has 1 amide bonds. The maximum absolute atomic E-state index is 12.0. The molecule has 0 aliphatic heterocycles. The average Bonchev–Trinajstić information content (AvgIpc) is 3.00. The third kappa shape index (κ3) is 3.43. The molecule has 4 nitrogen and oxygen atoms in total. The number of nitrogens with zero attached hydrogens (tertiary/aromatic N) is 1. The number of anilines is 1. The Balaban J connectivity index is 2.02. The molecule has 3 N–H and O–H groups in total. The molecule has 0 saturated carbocycles. The summed E-state index contributed by atoms with van der Waals surface area (Å²) in [4.78, 5) is 16.2. The zero-order chi connectivity index (χ0) is 14.5. The summed E-state index contributed by atoms with van der Waals surface area (Å²) in [6.45, 7) is 4.01. The summed E-state index contributed by atoms with van der Waals surface area (Å²) in [5, 5.41) is 5.76. The lowest BCUT2D eigenvalue weighted by atomic mass is 9.99. The highest BCUT2D eigenvalue weighted by atomic mass is 32.1. The first-order valence-electron chi connectivity index (χ1n) is 6.68. The largest absolute Gasteiger partial charge is 0.325 e. The van der Waals surface area contributed by atoms with Gasteiger partial charge in [-0.3, -0.25) is 4.79 Å². The Hall–Kier alpha value is -1.72. The first-order chi connectivity index (χ1) is 9.61. The van der Waals surface area contributed by atoms with E-state index in [4.69, 9.17) is 5.73 Å². The van der Waals surface area contributed by atoms with Crippen LogP contribution in [0.4, 0.5) is 5.69 Å². The monoisotopic (exact) mass is 289 g/mol. The summed E-state index contributed by atoms with van der Waals surface area (Å²) >= 11 is 1.59. The number of hydrogen-bond acceptors (Lipinski definition) is 4. The summed E-state index contributed by atoms with van der Waals surface area (Å²) in [6, 6.07) is 7.17. The quantitative estimate of drug-likeness (QED) is 0.888. The van der Waals surface area contributed by atoms with Gasteiger partial charge in [-0.15, -0.1) is 11.3 Å². The van der Waals surface area contributed by atoms with Gasteiger partial charge in [-0.05, 0) is 30.2 Å². The topological polar surface area (TPSA) is 68.0 Å². The van der Waals surface area contributed by atoms with Crippen LogP contribution in [-0.4, -0.2) is 16.9 Å². The minimum atomic E-state index is -0.473. The van der Waals surface area contributed by atoms with Gasteiger partial charge in [0.15, 0.2) is 0 Å². The van der Waals surface area contributed by atoms with E-state index in [1.54, 1.807) is 17.5 Å². The number of nitrogens with two attached hydrogens (primary N) is 1. The molecule has 0 aliphatic carbocycles. The van der Waals surface area contributed by atoms with Crippen LogP contribution in [0.5, 0.6) is 0 Å². The highest BCUT2D eigenvalue weighted by molar-refractivity contribution is 7.13. The van der Waals surface area contributed by atoms with E-state index in [1.165, 1.54) is 0 Å². The number of hydrogen-bond donors (Lipinski definition) is 2. The summed E-state index contributed by atoms with van der Waals surface area (Å²) in [7, 11) is 0. The van der Waals surface area contributed by atoms with Crippen LogP contribution < -0.4 is 11.1 Å². The lowest BCUT2D eigenvalue weighted by Gasteiger charge is -2.17. The van der Waals surface area contributed by atoms with Crippen molar-refractivity contribution < 1.29 is 4.79 Å². The molecule has 0 aliphatic rings. The van der Waals surface area contributed by atoms with Crippen molar-refractivity contribution in [2.45, 2.75) is 26.3 Å². The third-order valence-electron chi connectivity index (χ3n) is 3.39. The standard InChI is InChI=1S/C15H19N3OS/c1-3-10(2)13(16)14(19)18-12-6-4-11(5-7-12)15-17-8-9-20-15/h4-10,13H,3,16H2,1-2H3,(H,18,19)/t10-,13-/m0/s1. The van der Waals surface area contributed by atoms with Crippen LogP contribution in [0.1, 0.15) is 20.3 Å². The van der Waals surface area contributed by atoms with Crippen molar-refractivity contribution in [3.63, 3.8) is 0 Å². The predicted octanol–water partition coefficient (Wildman–Crippen LogP) is 3.12. The number of benzene rings is 1. The minimum Gasteiger partial charge on any atom is -0.325 e. The first-order valence-corrected chi connectivity index (χ1v) is 7.56. The molecule has 0 bridgehead atoms. The number of rotatable bonds is 5. The number of nitrogens with one attached hydrogen (secondary N) is 1. The average molecular weight is 289 g/mol. The second-order valence-electron chi connectivity index (χ2n) is 4.82. The van der Waals surface area contributed by atoms with Crippen LogP contribution in [-0.2, 0) is 4.79 Å². The van der Waals surface area contributed by atoms with Crippen LogP contribution >= 0.6 is 11.3 Å². The fourth-order valence-corrected chi connectivity index (χ4v) is 2.44. The van der Waals surface area contributed by atoms with Crippen molar-refractivity contribution in [2.24, 2.45) is 11.7 Å². The molecule has 106 valence electrons. The van der Waals surface area contributed by atoms with E-state index in [2.05, 4.69) is 10.3 Å². The molecule has 1 aromatic heterocycles. The van der Waals surface area contributed by atoms with E-state index in [0.29, 0.717) is 0 Å². The van der Waals surface area contributed by atoms with Crippen molar-refractivity contribution in [3.05, 3.63) is 35.8 Å². The minimum absolute atomic E-state index is 0.138. The van der Waals surface area contributed by atoms with Gasteiger partial charge in [0.1, 0.15) is 5.01 Å². The molecular formula is C15H19N3OS. The number of amides is 1. The molecule has 2 atom stereocenters. The molecule has 1 aromatic carbocycles. The van der Waals surface area contributed by atoms with Gasteiger partial charge in [0, 0.05) is 22.8 Å². The Bertz CT molecular complexity index is 551. The highest BCUT2D eigenvalue weighted by Crippen LogP contribution is 2.23. The van der Waals surface area contributed by atoms with Crippen LogP contribution in [0.15, 0.2) is 35.8 Å².